The lowest BCUT2D eigenvalue weighted by molar-refractivity contribution is 0.104. The van der Waals surface area contributed by atoms with Gasteiger partial charge in [-0.05, 0) is 36.8 Å². The summed E-state index contributed by atoms with van der Waals surface area (Å²) in [7, 11) is -4.07. The smallest absolute Gasteiger partial charge is 0.248 e. The summed E-state index contributed by atoms with van der Waals surface area (Å²) >= 11 is 0. The molecule has 0 aliphatic heterocycles. The average Bonchev–Trinajstić information content (AvgIpc) is 2.93. The van der Waals surface area contributed by atoms with E-state index in [2.05, 4.69) is 13.8 Å². The molecule has 0 heterocycles. The third-order valence-corrected chi connectivity index (χ3v) is 9.42. The Labute approximate surface area is 216 Å². The summed E-state index contributed by atoms with van der Waals surface area (Å²) in [5.41, 5.74) is 1.75. The predicted molar refractivity (Wildman–Crippen MR) is 151 cm³/mol. The molecule has 0 atom stereocenters. The number of carbonyl (C=O) groups excluding carboxylic acids is 2. The molecule has 0 saturated heterocycles. The van der Waals surface area contributed by atoms with Crippen LogP contribution in [0.2, 0.25) is 0 Å². The summed E-state index contributed by atoms with van der Waals surface area (Å²) in [6.45, 7) is 4.38. The second-order valence-corrected chi connectivity index (χ2v) is 12.1. The van der Waals surface area contributed by atoms with Crippen LogP contribution in [0.25, 0.3) is 0 Å². The van der Waals surface area contributed by atoms with E-state index in [0.29, 0.717) is 11.1 Å². The monoisotopic (exact) mass is 502 g/mol. The van der Waals surface area contributed by atoms with E-state index in [9.17, 15) is 14.2 Å². The molecule has 36 heavy (non-hydrogen) atoms. The Morgan fingerprint density at radius 2 is 0.972 bits per heavy atom. The molecule has 190 valence electrons. The van der Waals surface area contributed by atoms with Gasteiger partial charge in [0.15, 0.2) is 0 Å². The topological polar surface area (TPSA) is 51.2 Å². The number of benzene rings is 3. The van der Waals surface area contributed by atoms with E-state index in [-0.39, 0.29) is 5.30 Å². The maximum Gasteiger partial charge on any atom is 0.248 e. The van der Waals surface area contributed by atoms with Crippen molar-refractivity contribution >= 4 is 23.5 Å². The standard InChI is InChI=1S/C32H39O3P/c1-3-5-7-10-14-26-18-22-28(23-19-26)31(33)36(35,30-16-12-9-13-17-30)32(34)29-24-20-27(21-25-29)15-11-8-6-4-2/h9,12-13,16-25H,3-8,10-11,14-15H2,1-2H3. The molecular formula is C32H39O3P. The van der Waals surface area contributed by atoms with Gasteiger partial charge in [-0.3, -0.25) is 9.59 Å². The minimum Gasteiger partial charge on any atom is -0.302 e. The summed E-state index contributed by atoms with van der Waals surface area (Å²) in [5, 5.41) is 0.285. The first-order valence-electron chi connectivity index (χ1n) is 13.4. The molecule has 4 heteroatoms. The molecule has 3 aromatic rings. The van der Waals surface area contributed by atoms with Crippen LogP contribution in [0.5, 0.6) is 0 Å². The summed E-state index contributed by atoms with van der Waals surface area (Å²) in [4.78, 5) is 27.4. The molecule has 3 rings (SSSR count). The number of hydrogen-bond acceptors (Lipinski definition) is 3. The minimum atomic E-state index is -4.07. The molecule has 0 N–H and O–H groups in total. The van der Waals surface area contributed by atoms with Crippen LogP contribution in [-0.4, -0.2) is 11.0 Å². The van der Waals surface area contributed by atoms with Crippen LogP contribution in [0.3, 0.4) is 0 Å². The van der Waals surface area contributed by atoms with Gasteiger partial charge in [0.2, 0.25) is 18.2 Å². The molecule has 0 amide bonds. The summed E-state index contributed by atoms with van der Waals surface area (Å²) in [6, 6.07) is 23.1. The lowest BCUT2D eigenvalue weighted by Gasteiger charge is -2.17. The highest BCUT2D eigenvalue weighted by molar-refractivity contribution is 8.01. The normalized spacial score (nSPS) is 11.4. The van der Waals surface area contributed by atoms with Crippen molar-refractivity contribution in [2.24, 2.45) is 0 Å². The molecule has 0 aliphatic carbocycles. The van der Waals surface area contributed by atoms with Gasteiger partial charge in [0.05, 0.1) is 0 Å². The number of rotatable bonds is 15. The lowest BCUT2D eigenvalue weighted by atomic mass is 10.0. The second-order valence-electron chi connectivity index (χ2n) is 9.57. The number of carbonyl (C=O) groups is 2. The molecule has 3 aromatic carbocycles. The van der Waals surface area contributed by atoms with Crippen LogP contribution in [0.15, 0.2) is 78.9 Å². The third-order valence-electron chi connectivity index (χ3n) is 6.73. The average molecular weight is 503 g/mol. The van der Waals surface area contributed by atoms with Crippen LogP contribution < -0.4 is 5.30 Å². The van der Waals surface area contributed by atoms with Crippen LogP contribution >= 0.6 is 7.14 Å². The van der Waals surface area contributed by atoms with E-state index < -0.39 is 18.2 Å². The first-order valence-corrected chi connectivity index (χ1v) is 15.1. The maximum absolute atomic E-state index is 14.4. The van der Waals surface area contributed by atoms with Crippen molar-refractivity contribution in [3.05, 3.63) is 101 Å². The lowest BCUT2D eigenvalue weighted by Crippen LogP contribution is -2.20. The summed E-state index contributed by atoms with van der Waals surface area (Å²) in [6.07, 6.45) is 11.3. The molecule has 3 nitrogen and oxygen atoms in total. The molecule has 0 fully saturated rings. The Kier molecular flexibility index (Phi) is 10.9. The van der Waals surface area contributed by atoms with E-state index in [0.717, 1.165) is 36.8 Å². The van der Waals surface area contributed by atoms with Gasteiger partial charge in [0.25, 0.3) is 0 Å². The molecule has 0 saturated carbocycles. The Morgan fingerprint density at radius 1 is 0.556 bits per heavy atom. The largest absolute Gasteiger partial charge is 0.302 e. The van der Waals surface area contributed by atoms with Crippen molar-refractivity contribution in [3.63, 3.8) is 0 Å². The van der Waals surface area contributed by atoms with Crippen LogP contribution in [0.1, 0.15) is 97.1 Å². The van der Waals surface area contributed by atoms with Crippen LogP contribution in [0, 0.1) is 0 Å². The van der Waals surface area contributed by atoms with Gasteiger partial charge in [-0.2, -0.15) is 0 Å². The highest BCUT2D eigenvalue weighted by atomic mass is 31.2. The summed E-state index contributed by atoms with van der Waals surface area (Å²) < 4.78 is 14.4. The first kappa shape index (κ1) is 27.8. The first-order chi connectivity index (χ1) is 17.5. The molecular weight excluding hydrogens is 463 g/mol. The van der Waals surface area contributed by atoms with Crippen molar-refractivity contribution < 1.29 is 14.2 Å². The van der Waals surface area contributed by atoms with Crippen LogP contribution in [-0.2, 0) is 17.4 Å². The van der Waals surface area contributed by atoms with E-state index in [1.807, 2.05) is 24.3 Å². The van der Waals surface area contributed by atoms with Gasteiger partial charge in [-0.25, -0.2) is 0 Å². The number of aryl methyl sites for hydroxylation is 2. The number of unbranched alkanes of at least 4 members (excludes halogenated alkanes) is 6. The fourth-order valence-electron chi connectivity index (χ4n) is 4.47. The van der Waals surface area contributed by atoms with E-state index in [1.165, 1.54) is 38.5 Å². The van der Waals surface area contributed by atoms with Crippen molar-refractivity contribution in [2.45, 2.75) is 78.1 Å². The Hall–Kier alpha value is -2.77. The van der Waals surface area contributed by atoms with E-state index in [4.69, 9.17) is 0 Å². The zero-order chi connectivity index (χ0) is 25.8. The quantitative estimate of drug-likeness (QED) is 0.154. The zero-order valence-corrected chi connectivity index (χ0v) is 22.6. The van der Waals surface area contributed by atoms with Gasteiger partial charge in [0, 0.05) is 16.4 Å². The van der Waals surface area contributed by atoms with Gasteiger partial charge < -0.3 is 4.57 Å². The van der Waals surface area contributed by atoms with Gasteiger partial charge in [-0.1, -0.05) is 131 Å². The fraction of sp³-hybridized carbons (Fsp3) is 0.375. The zero-order valence-electron chi connectivity index (χ0n) is 21.7. The molecule has 0 bridgehead atoms. The highest BCUT2D eigenvalue weighted by Crippen LogP contribution is 2.50. The van der Waals surface area contributed by atoms with Gasteiger partial charge in [0.1, 0.15) is 0 Å². The van der Waals surface area contributed by atoms with E-state index in [1.54, 1.807) is 54.6 Å². The van der Waals surface area contributed by atoms with Crippen LogP contribution in [0.4, 0.5) is 0 Å². The minimum absolute atomic E-state index is 0.285. The predicted octanol–water partition coefficient (Wildman–Crippen LogP) is 8.60. The molecule has 0 radical (unpaired) electrons. The SMILES string of the molecule is CCCCCCc1ccc(C(=O)P(=O)(C(=O)c2ccc(CCCCCC)cc2)c2ccccc2)cc1. The summed E-state index contributed by atoms with van der Waals surface area (Å²) in [5.74, 6) is 0. The Morgan fingerprint density at radius 3 is 1.36 bits per heavy atom. The molecule has 0 aliphatic rings. The number of hydrogen-bond donors (Lipinski definition) is 0. The highest BCUT2D eigenvalue weighted by Gasteiger charge is 2.42. The maximum atomic E-state index is 14.4. The molecule has 0 spiro atoms. The third kappa shape index (κ3) is 7.14. The Bertz CT molecular complexity index is 1080. The van der Waals surface area contributed by atoms with Crippen molar-refractivity contribution in [1.82, 2.24) is 0 Å². The molecule has 0 unspecified atom stereocenters. The van der Waals surface area contributed by atoms with E-state index >= 15 is 0 Å². The van der Waals surface area contributed by atoms with Crippen molar-refractivity contribution in [2.75, 3.05) is 0 Å². The van der Waals surface area contributed by atoms with Crippen molar-refractivity contribution in [1.29, 1.82) is 0 Å². The van der Waals surface area contributed by atoms with Gasteiger partial charge in [-0.15, -0.1) is 0 Å². The molecule has 0 aromatic heterocycles. The fourth-order valence-corrected chi connectivity index (χ4v) is 6.74. The van der Waals surface area contributed by atoms with Crippen molar-refractivity contribution in [3.8, 4) is 0 Å². The Balaban J connectivity index is 1.83. The van der Waals surface area contributed by atoms with Gasteiger partial charge >= 0.3 is 0 Å². The second kappa shape index (κ2) is 14.1.